The maximum Gasteiger partial charge on any atom is 0.288 e. The van der Waals surface area contributed by atoms with Crippen LogP contribution in [0.3, 0.4) is 0 Å². The standard InChI is InChI=1S/C19H20F2N4O2/c1-19(20,21)17-11-16(13-3-6-15(7-4-13)27-10-9-22)25(24-17)14-5-8-18(26-2)23-12-14/h3-8,11-12H,9-10,22H2,1-2H3. The number of pyridine rings is 1. The zero-order chi connectivity index (χ0) is 19.4. The molecule has 3 rings (SSSR count). The smallest absolute Gasteiger partial charge is 0.288 e. The number of alkyl halides is 2. The number of nitrogens with two attached hydrogens (primary N) is 1. The molecule has 0 atom stereocenters. The fourth-order valence-electron chi connectivity index (χ4n) is 2.52. The van der Waals surface area contributed by atoms with Crippen LogP contribution in [-0.4, -0.2) is 35.0 Å². The van der Waals surface area contributed by atoms with Crippen molar-refractivity contribution in [2.45, 2.75) is 12.8 Å². The summed E-state index contributed by atoms with van der Waals surface area (Å²) in [5.74, 6) is -1.98. The van der Waals surface area contributed by atoms with Crippen LogP contribution in [0.1, 0.15) is 12.6 Å². The third-order valence-corrected chi connectivity index (χ3v) is 3.87. The molecule has 0 radical (unpaired) electrons. The third kappa shape index (κ3) is 4.22. The monoisotopic (exact) mass is 374 g/mol. The van der Waals surface area contributed by atoms with Crippen molar-refractivity contribution in [2.75, 3.05) is 20.3 Å². The molecule has 0 fully saturated rings. The number of benzene rings is 1. The van der Waals surface area contributed by atoms with Crippen molar-refractivity contribution in [2.24, 2.45) is 5.73 Å². The van der Waals surface area contributed by atoms with Gasteiger partial charge in [-0.25, -0.2) is 9.67 Å². The van der Waals surface area contributed by atoms with Crippen molar-refractivity contribution in [3.05, 3.63) is 54.4 Å². The van der Waals surface area contributed by atoms with Crippen molar-refractivity contribution in [3.8, 4) is 28.6 Å². The average molecular weight is 374 g/mol. The molecule has 142 valence electrons. The Balaban J connectivity index is 2.03. The molecule has 0 unspecified atom stereocenters. The Labute approximate surface area is 155 Å². The molecule has 2 N–H and O–H groups in total. The molecule has 0 aliphatic rings. The highest BCUT2D eigenvalue weighted by atomic mass is 19.3. The van der Waals surface area contributed by atoms with Crippen molar-refractivity contribution < 1.29 is 18.3 Å². The Morgan fingerprint density at radius 1 is 1.15 bits per heavy atom. The van der Waals surface area contributed by atoms with Crippen molar-refractivity contribution in [1.29, 1.82) is 0 Å². The van der Waals surface area contributed by atoms with Gasteiger partial charge in [-0.2, -0.15) is 13.9 Å². The summed E-state index contributed by atoms with van der Waals surface area (Å²) in [6.07, 6.45) is 1.52. The molecule has 0 spiro atoms. The average Bonchev–Trinajstić information content (AvgIpc) is 3.13. The van der Waals surface area contributed by atoms with Crippen LogP contribution in [0.5, 0.6) is 11.6 Å². The Morgan fingerprint density at radius 2 is 1.89 bits per heavy atom. The molecule has 1 aromatic carbocycles. The third-order valence-electron chi connectivity index (χ3n) is 3.87. The van der Waals surface area contributed by atoms with E-state index in [1.54, 1.807) is 36.4 Å². The molecular formula is C19H20F2N4O2. The first-order valence-corrected chi connectivity index (χ1v) is 8.34. The highest BCUT2D eigenvalue weighted by molar-refractivity contribution is 5.63. The second-order valence-electron chi connectivity index (χ2n) is 5.94. The van der Waals surface area contributed by atoms with E-state index in [-0.39, 0.29) is 5.69 Å². The van der Waals surface area contributed by atoms with E-state index in [9.17, 15) is 8.78 Å². The lowest BCUT2D eigenvalue weighted by Gasteiger charge is -2.09. The van der Waals surface area contributed by atoms with Crippen molar-refractivity contribution >= 4 is 0 Å². The van der Waals surface area contributed by atoms with E-state index < -0.39 is 5.92 Å². The van der Waals surface area contributed by atoms with Crippen LogP contribution in [0.4, 0.5) is 8.78 Å². The maximum absolute atomic E-state index is 13.9. The minimum Gasteiger partial charge on any atom is -0.492 e. The van der Waals surface area contributed by atoms with E-state index >= 15 is 0 Å². The summed E-state index contributed by atoms with van der Waals surface area (Å²) in [5.41, 5.74) is 6.88. The first kappa shape index (κ1) is 18.8. The number of methoxy groups -OCH3 is 1. The quantitative estimate of drug-likeness (QED) is 0.686. The van der Waals surface area contributed by atoms with Crippen LogP contribution in [-0.2, 0) is 5.92 Å². The Morgan fingerprint density at radius 3 is 2.44 bits per heavy atom. The molecule has 0 saturated heterocycles. The predicted molar refractivity (Wildman–Crippen MR) is 97.5 cm³/mol. The number of hydrogen-bond donors (Lipinski definition) is 1. The molecule has 0 saturated carbocycles. The molecule has 8 heteroatoms. The van der Waals surface area contributed by atoms with Gasteiger partial charge in [0.15, 0.2) is 0 Å². The molecule has 2 heterocycles. The lowest BCUT2D eigenvalue weighted by molar-refractivity contribution is 0.0124. The second-order valence-corrected chi connectivity index (χ2v) is 5.94. The van der Waals surface area contributed by atoms with E-state index in [0.717, 1.165) is 6.92 Å². The van der Waals surface area contributed by atoms with Gasteiger partial charge in [0.05, 0.1) is 24.7 Å². The molecule has 0 bridgehead atoms. The van der Waals surface area contributed by atoms with E-state index in [0.29, 0.717) is 41.7 Å². The molecule has 0 aliphatic heterocycles. The van der Waals surface area contributed by atoms with Gasteiger partial charge in [-0.15, -0.1) is 0 Å². The first-order valence-electron chi connectivity index (χ1n) is 8.34. The normalized spacial score (nSPS) is 11.4. The van der Waals surface area contributed by atoms with E-state index in [1.807, 2.05) is 0 Å². The molecule has 0 aliphatic carbocycles. The van der Waals surface area contributed by atoms with Gasteiger partial charge < -0.3 is 15.2 Å². The molecule has 3 aromatic rings. The highest BCUT2D eigenvalue weighted by Crippen LogP contribution is 2.32. The van der Waals surface area contributed by atoms with Gasteiger partial charge in [0.1, 0.15) is 18.1 Å². The van der Waals surface area contributed by atoms with Crippen LogP contribution in [0.15, 0.2) is 48.7 Å². The van der Waals surface area contributed by atoms with Crippen molar-refractivity contribution in [1.82, 2.24) is 14.8 Å². The summed E-state index contributed by atoms with van der Waals surface area (Å²) in [7, 11) is 1.51. The number of rotatable bonds is 7. The summed E-state index contributed by atoms with van der Waals surface area (Å²) in [5, 5.41) is 4.09. The minimum absolute atomic E-state index is 0.322. The van der Waals surface area contributed by atoms with Gasteiger partial charge in [0.25, 0.3) is 5.92 Å². The van der Waals surface area contributed by atoms with Crippen LogP contribution in [0.2, 0.25) is 0 Å². The lowest BCUT2D eigenvalue weighted by atomic mass is 10.1. The summed E-state index contributed by atoms with van der Waals surface area (Å²) < 4.78 is 39.7. The van der Waals surface area contributed by atoms with Gasteiger partial charge in [-0.05, 0) is 36.4 Å². The molecule has 27 heavy (non-hydrogen) atoms. The summed E-state index contributed by atoms with van der Waals surface area (Å²) >= 11 is 0. The van der Waals surface area contributed by atoms with Crippen molar-refractivity contribution in [3.63, 3.8) is 0 Å². The van der Waals surface area contributed by atoms with E-state index in [2.05, 4.69) is 10.1 Å². The Bertz CT molecular complexity index is 888. The number of ether oxygens (including phenoxy) is 2. The number of hydrogen-bond acceptors (Lipinski definition) is 5. The largest absolute Gasteiger partial charge is 0.492 e. The van der Waals surface area contributed by atoms with Crippen LogP contribution >= 0.6 is 0 Å². The van der Waals surface area contributed by atoms with Gasteiger partial charge in [0.2, 0.25) is 5.88 Å². The Hall–Kier alpha value is -3.00. The number of nitrogens with zero attached hydrogens (tertiary/aromatic N) is 3. The predicted octanol–water partition coefficient (Wildman–Crippen LogP) is 3.39. The fraction of sp³-hybridized carbons (Fsp3) is 0.263. The number of halogens is 2. The zero-order valence-electron chi connectivity index (χ0n) is 15.0. The Kier molecular flexibility index (Phi) is 5.36. The topological polar surface area (TPSA) is 75.2 Å². The number of aromatic nitrogens is 3. The fourth-order valence-corrected chi connectivity index (χ4v) is 2.52. The lowest BCUT2D eigenvalue weighted by Crippen LogP contribution is -2.10. The van der Waals surface area contributed by atoms with E-state index in [1.165, 1.54) is 24.1 Å². The van der Waals surface area contributed by atoms with Crippen LogP contribution < -0.4 is 15.2 Å². The molecular weight excluding hydrogens is 354 g/mol. The second kappa shape index (κ2) is 7.71. The molecule has 2 aromatic heterocycles. The van der Waals surface area contributed by atoms with Crippen LogP contribution in [0, 0.1) is 0 Å². The molecule has 0 amide bonds. The van der Waals surface area contributed by atoms with Crippen LogP contribution in [0.25, 0.3) is 16.9 Å². The maximum atomic E-state index is 13.9. The first-order chi connectivity index (χ1) is 12.9. The minimum atomic E-state index is -3.07. The van der Waals surface area contributed by atoms with Gasteiger partial charge in [0, 0.05) is 25.1 Å². The zero-order valence-corrected chi connectivity index (χ0v) is 15.0. The van der Waals surface area contributed by atoms with Gasteiger partial charge in [-0.1, -0.05) is 0 Å². The van der Waals surface area contributed by atoms with E-state index in [4.69, 9.17) is 15.2 Å². The summed E-state index contributed by atoms with van der Waals surface area (Å²) in [6.45, 7) is 1.63. The summed E-state index contributed by atoms with van der Waals surface area (Å²) in [4.78, 5) is 4.13. The summed E-state index contributed by atoms with van der Waals surface area (Å²) in [6, 6.07) is 11.8. The van der Waals surface area contributed by atoms with Gasteiger partial charge in [-0.3, -0.25) is 0 Å². The highest BCUT2D eigenvalue weighted by Gasteiger charge is 2.29. The molecule has 6 nitrogen and oxygen atoms in total. The van der Waals surface area contributed by atoms with Gasteiger partial charge >= 0.3 is 0 Å². The SMILES string of the molecule is COc1ccc(-n2nc(C(C)(F)F)cc2-c2ccc(OCCN)cc2)cn1.